The monoisotopic (exact) mass is 315 g/mol. The molecule has 6 heteroatoms. The van der Waals surface area contributed by atoms with Crippen LogP contribution in [0.2, 0.25) is 0 Å². The van der Waals surface area contributed by atoms with Gasteiger partial charge in [-0.1, -0.05) is 19.1 Å². The molecule has 1 rings (SSSR count). The van der Waals surface area contributed by atoms with Gasteiger partial charge in [0, 0.05) is 19.7 Å². The zero-order valence-electron chi connectivity index (χ0n) is 13.1. The van der Waals surface area contributed by atoms with E-state index < -0.39 is 16.1 Å². The summed E-state index contributed by atoms with van der Waals surface area (Å²) in [7, 11) is -2.00. The number of sulfonamides is 1. The summed E-state index contributed by atoms with van der Waals surface area (Å²) in [6.07, 6.45) is 0.121. The minimum atomic E-state index is -3.56. The van der Waals surface area contributed by atoms with Gasteiger partial charge in [-0.25, -0.2) is 8.42 Å². The van der Waals surface area contributed by atoms with Crippen molar-refractivity contribution in [3.63, 3.8) is 0 Å². The zero-order chi connectivity index (χ0) is 16.0. The standard InChI is InChI=1S/C15H25NO4S/c1-5-12(2)16(10-11-20-4)21(18,19)15-8-6-14(7-9-15)13(3)17/h6-9,12-13,17H,5,10-11H2,1-4H3. The lowest BCUT2D eigenvalue weighted by atomic mass is 10.1. The summed E-state index contributed by atoms with van der Waals surface area (Å²) in [5.74, 6) is 0. The van der Waals surface area contributed by atoms with E-state index >= 15 is 0 Å². The minimum absolute atomic E-state index is 0.0957. The van der Waals surface area contributed by atoms with Crippen LogP contribution in [0, 0.1) is 0 Å². The van der Waals surface area contributed by atoms with Gasteiger partial charge >= 0.3 is 0 Å². The van der Waals surface area contributed by atoms with E-state index in [4.69, 9.17) is 4.74 Å². The lowest BCUT2D eigenvalue weighted by Gasteiger charge is -2.27. The third kappa shape index (κ3) is 4.51. The Balaban J connectivity index is 3.09. The van der Waals surface area contributed by atoms with Crippen molar-refractivity contribution in [2.45, 2.75) is 44.2 Å². The number of hydrogen-bond donors (Lipinski definition) is 1. The van der Waals surface area contributed by atoms with Gasteiger partial charge in [0.15, 0.2) is 0 Å². The minimum Gasteiger partial charge on any atom is -0.389 e. The second kappa shape index (κ2) is 7.89. The summed E-state index contributed by atoms with van der Waals surface area (Å²) in [6.45, 7) is 6.17. The molecule has 0 aliphatic carbocycles. The third-order valence-electron chi connectivity index (χ3n) is 3.57. The van der Waals surface area contributed by atoms with Crippen LogP contribution < -0.4 is 0 Å². The molecule has 21 heavy (non-hydrogen) atoms. The van der Waals surface area contributed by atoms with Crippen molar-refractivity contribution in [2.24, 2.45) is 0 Å². The molecule has 0 saturated carbocycles. The van der Waals surface area contributed by atoms with Crippen LogP contribution in [0.3, 0.4) is 0 Å². The normalized spacial score (nSPS) is 15.1. The Hall–Kier alpha value is -0.950. The van der Waals surface area contributed by atoms with Gasteiger partial charge in [0.2, 0.25) is 10.0 Å². The van der Waals surface area contributed by atoms with Gasteiger partial charge in [-0.2, -0.15) is 4.31 Å². The number of aliphatic hydroxyl groups is 1. The first-order chi connectivity index (χ1) is 9.84. The SMILES string of the molecule is CCC(C)N(CCOC)S(=O)(=O)c1ccc(C(C)O)cc1. The first kappa shape index (κ1) is 18.1. The van der Waals surface area contributed by atoms with Crippen LogP contribution in [0.15, 0.2) is 29.2 Å². The second-order valence-electron chi connectivity index (χ2n) is 5.11. The Labute approximate surface area is 127 Å². The van der Waals surface area contributed by atoms with E-state index in [0.29, 0.717) is 18.7 Å². The average Bonchev–Trinajstić information content (AvgIpc) is 2.47. The predicted octanol–water partition coefficient (Wildman–Crippen LogP) is 2.18. The molecular weight excluding hydrogens is 290 g/mol. The number of hydrogen-bond acceptors (Lipinski definition) is 4. The van der Waals surface area contributed by atoms with E-state index in [0.717, 1.165) is 6.42 Å². The summed E-state index contributed by atoms with van der Waals surface area (Å²) in [4.78, 5) is 0.239. The summed E-state index contributed by atoms with van der Waals surface area (Å²) in [5.41, 5.74) is 0.695. The maximum Gasteiger partial charge on any atom is 0.243 e. The van der Waals surface area contributed by atoms with Crippen LogP contribution >= 0.6 is 0 Å². The molecular formula is C15H25NO4S. The molecule has 0 spiro atoms. The predicted molar refractivity (Wildman–Crippen MR) is 82.6 cm³/mol. The fourth-order valence-electron chi connectivity index (χ4n) is 2.02. The summed E-state index contributed by atoms with van der Waals surface area (Å²) >= 11 is 0. The van der Waals surface area contributed by atoms with Crippen molar-refractivity contribution < 1.29 is 18.3 Å². The van der Waals surface area contributed by atoms with Gasteiger partial charge < -0.3 is 9.84 Å². The molecule has 2 atom stereocenters. The number of nitrogens with zero attached hydrogens (tertiary/aromatic N) is 1. The Morgan fingerprint density at radius 3 is 2.24 bits per heavy atom. The maximum absolute atomic E-state index is 12.7. The van der Waals surface area contributed by atoms with Gasteiger partial charge in [-0.3, -0.25) is 0 Å². The Morgan fingerprint density at radius 2 is 1.81 bits per heavy atom. The van der Waals surface area contributed by atoms with Crippen molar-refractivity contribution in [1.29, 1.82) is 0 Å². The van der Waals surface area contributed by atoms with Crippen LogP contribution in [0.5, 0.6) is 0 Å². The summed E-state index contributed by atoms with van der Waals surface area (Å²) < 4.78 is 31.9. The fourth-order valence-corrected chi connectivity index (χ4v) is 3.70. The topological polar surface area (TPSA) is 66.8 Å². The van der Waals surface area contributed by atoms with Gasteiger partial charge in [0.25, 0.3) is 0 Å². The first-order valence-electron chi connectivity index (χ1n) is 7.13. The molecule has 0 radical (unpaired) electrons. The molecule has 0 bridgehead atoms. The smallest absolute Gasteiger partial charge is 0.243 e. The molecule has 0 aromatic heterocycles. The molecule has 0 amide bonds. The average molecular weight is 315 g/mol. The van der Waals surface area contributed by atoms with Crippen molar-refractivity contribution >= 4 is 10.0 Å². The molecule has 0 saturated heterocycles. The molecule has 0 heterocycles. The Bertz CT molecular complexity index is 525. The van der Waals surface area contributed by atoms with Crippen LogP contribution in [-0.4, -0.2) is 44.1 Å². The van der Waals surface area contributed by atoms with E-state index in [2.05, 4.69) is 0 Å². The summed E-state index contributed by atoms with van der Waals surface area (Å²) in [6, 6.07) is 6.27. The third-order valence-corrected chi connectivity index (χ3v) is 5.60. The van der Waals surface area contributed by atoms with Crippen LogP contribution in [-0.2, 0) is 14.8 Å². The first-order valence-corrected chi connectivity index (χ1v) is 8.57. The molecule has 0 aliphatic heterocycles. The fraction of sp³-hybridized carbons (Fsp3) is 0.600. The lowest BCUT2D eigenvalue weighted by Crippen LogP contribution is -2.40. The van der Waals surface area contributed by atoms with E-state index in [1.165, 1.54) is 4.31 Å². The van der Waals surface area contributed by atoms with Crippen molar-refractivity contribution in [3.8, 4) is 0 Å². The molecule has 120 valence electrons. The highest BCUT2D eigenvalue weighted by Crippen LogP contribution is 2.21. The Morgan fingerprint density at radius 1 is 1.24 bits per heavy atom. The number of methoxy groups -OCH3 is 1. The quantitative estimate of drug-likeness (QED) is 0.798. The molecule has 1 aromatic rings. The Kier molecular flexibility index (Phi) is 6.80. The van der Waals surface area contributed by atoms with E-state index in [1.54, 1.807) is 38.3 Å². The van der Waals surface area contributed by atoms with E-state index in [1.807, 2.05) is 13.8 Å². The van der Waals surface area contributed by atoms with Gasteiger partial charge in [-0.15, -0.1) is 0 Å². The molecule has 5 nitrogen and oxygen atoms in total. The highest BCUT2D eigenvalue weighted by molar-refractivity contribution is 7.89. The number of aliphatic hydroxyl groups excluding tert-OH is 1. The molecule has 0 fully saturated rings. The highest BCUT2D eigenvalue weighted by atomic mass is 32.2. The van der Waals surface area contributed by atoms with Crippen molar-refractivity contribution in [3.05, 3.63) is 29.8 Å². The van der Waals surface area contributed by atoms with E-state index in [-0.39, 0.29) is 10.9 Å². The lowest BCUT2D eigenvalue weighted by molar-refractivity contribution is 0.167. The largest absolute Gasteiger partial charge is 0.389 e. The molecule has 1 aromatic carbocycles. The maximum atomic E-state index is 12.7. The second-order valence-corrected chi connectivity index (χ2v) is 7.00. The van der Waals surface area contributed by atoms with Gasteiger partial charge in [0.05, 0.1) is 17.6 Å². The number of benzene rings is 1. The number of ether oxygens (including phenoxy) is 1. The number of rotatable bonds is 8. The zero-order valence-corrected chi connectivity index (χ0v) is 13.9. The van der Waals surface area contributed by atoms with E-state index in [9.17, 15) is 13.5 Å². The van der Waals surface area contributed by atoms with Gasteiger partial charge in [0.1, 0.15) is 0 Å². The van der Waals surface area contributed by atoms with Crippen molar-refractivity contribution in [1.82, 2.24) is 4.31 Å². The van der Waals surface area contributed by atoms with Crippen LogP contribution in [0.25, 0.3) is 0 Å². The molecule has 2 unspecified atom stereocenters. The summed E-state index contributed by atoms with van der Waals surface area (Å²) in [5, 5.41) is 9.49. The van der Waals surface area contributed by atoms with Crippen LogP contribution in [0.1, 0.15) is 38.9 Å². The highest BCUT2D eigenvalue weighted by Gasteiger charge is 2.27. The molecule has 0 aliphatic rings. The van der Waals surface area contributed by atoms with Crippen LogP contribution in [0.4, 0.5) is 0 Å². The van der Waals surface area contributed by atoms with Crippen molar-refractivity contribution in [2.75, 3.05) is 20.3 Å². The molecule has 1 N–H and O–H groups in total. The van der Waals surface area contributed by atoms with Gasteiger partial charge in [-0.05, 0) is 38.0 Å².